The van der Waals surface area contributed by atoms with Crippen LogP contribution in [0.4, 0.5) is 0 Å². The number of carbonyl (C=O) groups excluding carboxylic acids is 4. The van der Waals surface area contributed by atoms with Gasteiger partial charge in [-0.2, -0.15) is 4.98 Å². The number of rotatable bonds is 16. The van der Waals surface area contributed by atoms with Gasteiger partial charge in [-0.15, -0.1) is 0 Å². The number of nitrogens with zero attached hydrogens (tertiary/aromatic N) is 4. The van der Waals surface area contributed by atoms with Gasteiger partial charge in [0.1, 0.15) is 11.9 Å². The van der Waals surface area contributed by atoms with Crippen LogP contribution in [-0.4, -0.2) is 62.0 Å². The van der Waals surface area contributed by atoms with Gasteiger partial charge in [0.25, 0.3) is 0 Å². The number of halogens is 1. The number of carbonyl (C=O) groups is 4. The molecule has 0 N–H and O–H groups in total. The van der Waals surface area contributed by atoms with E-state index in [0.717, 1.165) is 24.8 Å². The molecule has 52 heavy (non-hydrogen) atoms. The van der Waals surface area contributed by atoms with Crippen LogP contribution in [0.25, 0.3) is 0 Å². The second kappa shape index (κ2) is 16.8. The molecule has 1 aliphatic heterocycles. The summed E-state index contributed by atoms with van der Waals surface area (Å²) in [6, 6.07) is 12.4. The Morgan fingerprint density at radius 2 is 1.71 bits per heavy atom. The van der Waals surface area contributed by atoms with Gasteiger partial charge >= 0.3 is 0 Å². The molecule has 1 aromatic carbocycles. The van der Waals surface area contributed by atoms with E-state index < -0.39 is 29.4 Å². The number of benzene rings is 1. The Hall–Kier alpha value is -3.92. The standard InChI is InChI=1S/C41H53ClN4O6/c1-40(2,3)23-30(47)21-32(41(4,5)6)39(50)46-25-31(51-35-18-16-29(42)24-43-35)22-33(46)34(48)20-28(19-27-13-10-14-27)37(49)38-44-36(52-45-38)17-15-26-11-8-7-9-12-26/h7-9,11-12,16,18,24,27-28,31-33H,10,13-15,17,19-23,25H2,1-6H3/t28?,31-,32-,33+/m1/s1. The van der Waals surface area contributed by atoms with E-state index in [1.54, 1.807) is 17.0 Å². The van der Waals surface area contributed by atoms with Crippen LogP contribution in [0.2, 0.25) is 5.02 Å². The third kappa shape index (κ3) is 10.8. The molecule has 2 aromatic heterocycles. The van der Waals surface area contributed by atoms with Crippen LogP contribution < -0.4 is 4.74 Å². The molecule has 2 fully saturated rings. The number of Topliss-reactive ketones (excluding diaryl/α,β-unsaturated/α-hetero) is 3. The van der Waals surface area contributed by atoms with Crippen molar-refractivity contribution in [3.05, 3.63) is 71.0 Å². The molecule has 0 spiro atoms. The van der Waals surface area contributed by atoms with Crippen molar-refractivity contribution in [3.8, 4) is 5.88 Å². The van der Waals surface area contributed by atoms with Gasteiger partial charge in [0.2, 0.25) is 29.3 Å². The molecule has 280 valence electrons. The van der Waals surface area contributed by atoms with Crippen LogP contribution in [0.5, 0.6) is 5.88 Å². The highest BCUT2D eigenvalue weighted by atomic mass is 35.5. The van der Waals surface area contributed by atoms with Crippen molar-refractivity contribution < 1.29 is 28.4 Å². The summed E-state index contributed by atoms with van der Waals surface area (Å²) in [5.74, 6) is -1.06. The highest BCUT2D eigenvalue weighted by Gasteiger charge is 2.46. The predicted molar refractivity (Wildman–Crippen MR) is 198 cm³/mol. The molecule has 11 heteroatoms. The SMILES string of the molecule is CC(C)(C)CC(=O)C[C@H](C(=O)N1C[C@H](Oc2ccc(Cl)cn2)C[C@H]1C(=O)CC(CC1CCC1)C(=O)c1noc(CCc2ccccc2)n1)C(C)(C)C. The molecule has 5 rings (SSSR count). The second-order valence-corrected chi connectivity index (χ2v) is 17.4. The summed E-state index contributed by atoms with van der Waals surface area (Å²) in [7, 11) is 0. The maximum absolute atomic E-state index is 14.5. The molecule has 0 radical (unpaired) electrons. The molecule has 3 heterocycles. The summed E-state index contributed by atoms with van der Waals surface area (Å²) in [5.41, 5.74) is 0.357. The number of amides is 1. The number of pyridine rings is 1. The average molecular weight is 733 g/mol. The van der Waals surface area contributed by atoms with Crippen LogP contribution in [0.15, 0.2) is 53.2 Å². The number of aryl methyl sites for hydroxylation is 2. The third-order valence-corrected chi connectivity index (χ3v) is 10.5. The Kier molecular flexibility index (Phi) is 12.7. The third-order valence-electron chi connectivity index (χ3n) is 10.2. The Bertz CT molecular complexity index is 1690. The van der Waals surface area contributed by atoms with Crippen LogP contribution in [0.1, 0.15) is 115 Å². The highest BCUT2D eigenvalue weighted by molar-refractivity contribution is 6.30. The maximum atomic E-state index is 14.5. The van der Waals surface area contributed by atoms with Crippen molar-refractivity contribution in [2.75, 3.05) is 6.54 Å². The first kappa shape index (κ1) is 39.3. The molecule has 1 amide bonds. The van der Waals surface area contributed by atoms with Crippen LogP contribution in [-0.2, 0) is 27.2 Å². The summed E-state index contributed by atoms with van der Waals surface area (Å²) < 4.78 is 11.7. The van der Waals surface area contributed by atoms with E-state index >= 15 is 0 Å². The van der Waals surface area contributed by atoms with Gasteiger partial charge in [-0.1, -0.05) is 108 Å². The van der Waals surface area contributed by atoms with Crippen LogP contribution in [0, 0.1) is 28.6 Å². The largest absolute Gasteiger partial charge is 0.472 e. The van der Waals surface area contributed by atoms with Crippen LogP contribution >= 0.6 is 11.6 Å². The molecular weight excluding hydrogens is 680 g/mol. The first-order valence-corrected chi connectivity index (χ1v) is 19.0. The van der Waals surface area contributed by atoms with Gasteiger partial charge in [-0.05, 0) is 41.2 Å². The highest BCUT2D eigenvalue weighted by Crippen LogP contribution is 2.38. The molecule has 1 aliphatic carbocycles. The molecule has 1 saturated heterocycles. The van der Waals surface area contributed by atoms with Gasteiger partial charge in [0.15, 0.2) is 5.78 Å². The number of ketones is 3. The Morgan fingerprint density at radius 3 is 2.33 bits per heavy atom. The van der Waals surface area contributed by atoms with Gasteiger partial charge in [0.05, 0.1) is 17.6 Å². The molecule has 4 atom stereocenters. The van der Waals surface area contributed by atoms with E-state index in [1.165, 1.54) is 6.20 Å². The van der Waals surface area contributed by atoms with Crippen molar-refractivity contribution in [1.82, 2.24) is 20.0 Å². The lowest BCUT2D eigenvalue weighted by Crippen LogP contribution is -2.48. The summed E-state index contributed by atoms with van der Waals surface area (Å²) in [5, 5.41) is 4.50. The maximum Gasteiger partial charge on any atom is 0.238 e. The van der Waals surface area contributed by atoms with Crippen molar-refractivity contribution in [2.45, 2.75) is 118 Å². The minimum Gasteiger partial charge on any atom is -0.472 e. The van der Waals surface area contributed by atoms with Gasteiger partial charge in [-0.3, -0.25) is 19.2 Å². The fourth-order valence-electron chi connectivity index (χ4n) is 7.22. The Balaban J connectivity index is 1.36. The fourth-order valence-corrected chi connectivity index (χ4v) is 7.33. The number of ether oxygens (including phenoxy) is 1. The van der Waals surface area contributed by atoms with Crippen molar-refractivity contribution in [3.63, 3.8) is 0 Å². The molecule has 3 aromatic rings. The van der Waals surface area contributed by atoms with E-state index in [2.05, 4.69) is 15.1 Å². The van der Waals surface area contributed by atoms with E-state index in [0.29, 0.717) is 48.4 Å². The van der Waals surface area contributed by atoms with Gasteiger partial charge < -0.3 is 14.2 Å². The molecule has 2 aliphatic rings. The minimum atomic E-state index is -0.837. The quantitative estimate of drug-likeness (QED) is 0.135. The van der Waals surface area contributed by atoms with Crippen molar-refractivity contribution in [2.24, 2.45) is 28.6 Å². The molecule has 1 saturated carbocycles. The van der Waals surface area contributed by atoms with E-state index in [4.69, 9.17) is 20.9 Å². The lowest BCUT2D eigenvalue weighted by Gasteiger charge is -2.35. The number of hydrogen-bond donors (Lipinski definition) is 0. The van der Waals surface area contributed by atoms with Gasteiger partial charge in [-0.25, -0.2) is 4.98 Å². The zero-order valence-electron chi connectivity index (χ0n) is 31.4. The smallest absolute Gasteiger partial charge is 0.238 e. The lowest BCUT2D eigenvalue weighted by atomic mass is 9.75. The minimum absolute atomic E-state index is 0.00965. The first-order valence-electron chi connectivity index (χ1n) is 18.6. The summed E-state index contributed by atoms with van der Waals surface area (Å²) in [4.78, 5) is 66.5. The molecule has 0 bridgehead atoms. The van der Waals surface area contributed by atoms with Crippen molar-refractivity contribution >= 4 is 34.9 Å². The normalized spacial score (nSPS) is 19.2. The second-order valence-electron chi connectivity index (χ2n) is 17.0. The summed E-state index contributed by atoms with van der Waals surface area (Å²) in [6.07, 6.45) is 6.37. The Morgan fingerprint density at radius 1 is 0.981 bits per heavy atom. The number of hydrogen-bond acceptors (Lipinski definition) is 9. The van der Waals surface area contributed by atoms with E-state index in [1.807, 2.05) is 71.9 Å². The fraction of sp³-hybridized carbons (Fsp3) is 0.585. The zero-order valence-corrected chi connectivity index (χ0v) is 32.2. The average Bonchev–Trinajstić information content (AvgIpc) is 3.71. The Labute approximate surface area is 312 Å². The summed E-state index contributed by atoms with van der Waals surface area (Å²) in [6.45, 7) is 12.0. The number of likely N-dealkylation sites (tertiary alicyclic amines) is 1. The summed E-state index contributed by atoms with van der Waals surface area (Å²) >= 11 is 6.04. The molecular formula is C41H53ClN4O6. The monoisotopic (exact) mass is 732 g/mol. The number of aromatic nitrogens is 3. The van der Waals surface area contributed by atoms with Crippen LogP contribution in [0.3, 0.4) is 0 Å². The lowest BCUT2D eigenvalue weighted by molar-refractivity contribution is -0.146. The topological polar surface area (TPSA) is 133 Å². The molecule has 1 unspecified atom stereocenters. The van der Waals surface area contributed by atoms with Crippen molar-refractivity contribution in [1.29, 1.82) is 0 Å². The predicted octanol–water partition coefficient (Wildman–Crippen LogP) is 7.96. The van der Waals surface area contributed by atoms with Gasteiger partial charge in [0, 0.05) is 56.2 Å². The van der Waals surface area contributed by atoms with E-state index in [-0.39, 0.29) is 60.3 Å². The zero-order chi connectivity index (χ0) is 37.6. The van der Waals surface area contributed by atoms with E-state index in [9.17, 15) is 19.2 Å². The molecule has 10 nitrogen and oxygen atoms in total. The first-order chi connectivity index (χ1) is 24.6.